The number of amides is 2. The van der Waals surface area contributed by atoms with Gasteiger partial charge in [0, 0.05) is 38.9 Å². The van der Waals surface area contributed by atoms with Crippen molar-refractivity contribution in [1.82, 2.24) is 9.80 Å². The lowest BCUT2D eigenvalue weighted by Crippen LogP contribution is -2.53. The molecule has 5 heteroatoms. The van der Waals surface area contributed by atoms with E-state index >= 15 is 0 Å². The van der Waals surface area contributed by atoms with Crippen molar-refractivity contribution in [3.63, 3.8) is 0 Å². The number of hydrogen-bond acceptors (Lipinski definition) is 3. The Morgan fingerprint density at radius 3 is 2.56 bits per heavy atom. The van der Waals surface area contributed by atoms with Crippen molar-refractivity contribution >= 4 is 23.6 Å². The van der Waals surface area contributed by atoms with Gasteiger partial charge in [-0.3, -0.25) is 9.59 Å². The third-order valence-electron chi connectivity index (χ3n) is 5.78. The highest BCUT2D eigenvalue weighted by Gasteiger charge is 2.45. The van der Waals surface area contributed by atoms with Gasteiger partial charge in [0.05, 0.1) is 5.92 Å². The summed E-state index contributed by atoms with van der Waals surface area (Å²) in [5.74, 6) is 1.37. The minimum absolute atomic E-state index is 0.0429. The summed E-state index contributed by atoms with van der Waals surface area (Å²) >= 11 is 1.72. The molecule has 1 atom stereocenters. The van der Waals surface area contributed by atoms with Gasteiger partial charge in [-0.1, -0.05) is 30.3 Å². The van der Waals surface area contributed by atoms with E-state index in [1.165, 1.54) is 0 Å². The van der Waals surface area contributed by atoms with Crippen molar-refractivity contribution in [1.29, 1.82) is 0 Å². The van der Waals surface area contributed by atoms with Gasteiger partial charge in [-0.05, 0) is 36.5 Å². The SMILES string of the molecule is CSCCC(=O)N1CCC2(CC1)C[C@@H](c1ccccc1)C(=O)N(C)C2. The Morgan fingerprint density at radius 2 is 1.92 bits per heavy atom. The van der Waals surface area contributed by atoms with Crippen LogP contribution >= 0.6 is 11.8 Å². The molecular formula is C20H28N2O2S. The van der Waals surface area contributed by atoms with E-state index < -0.39 is 0 Å². The topological polar surface area (TPSA) is 40.6 Å². The zero-order chi connectivity index (χ0) is 17.9. The molecule has 4 nitrogen and oxygen atoms in total. The Balaban J connectivity index is 1.68. The molecule has 1 aromatic rings. The van der Waals surface area contributed by atoms with Gasteiger partial charge in [-0.2, -0.15) is 11.8 Å². The standard InChI is InChI=1S/C20H28N2O2S/c1-21-15-20(9-11-22(12-10-20)18(23)8-13-25-2)14-17(19(21)24)16-6-4-3-5-7-16/h3-7,17H,8-15H2,1-2H3/t17-/m0/s1. The second kappa shape index (κ2) is 7.81. The number of thioether (sulfide) groups is 1. The van der Waals surface area contributed by atoms with Crippen LogP contribution in [0.5, 0.6) is 0 Å². The van der Waals surface area contributed by atoms with E-state index in [0.29, 0.717) is 6.42 Å². The summed E-state index contributed by atoms with van der Waals surface area (Å²) in [6.45, 7) is 2.48. The van der Waals surface area contributed by atoms with E-state index in [9.17, 15) is 9.59 Å². The minimum Gasteiger partial charge on any atom is -0.345 e. The largest absolute Gasteiger partial charge is 0.345 e. The fraction of sp³-hybridized carbons (Fsp3) is 0.600. The smallest absolute Gasteiger partial charge is 0.229 e. The van der Waals surface area contributed by atoms with E-state index in [2.05, 4.69) is 12.1 Å². The van der Waals surface area contributed by atoms with Gasteiger partial charge in [-0.15, -0.1) is 0 Å². The number of hydrogen-bond donors (Lipinski definition) is 0. The zero-order valence-electron chi connectivity index (χ0n) is 15.2. The predicted molar refractivity (Wildman–Crippen MR) is 103 cm³/mol. The summed E-state index contributed by atoms with van der Waals surface area (Å²) in [5.41, 5.74) is 1.27. The Bertz CT molecular complexity index is 611. The van der Waals surface area contributed by atoms with E-state index in [4.69, 9.17) is 0 Å². The molecule has 3 rings (SSSR count). The summed E-state index contributed by atoms with van der Waals surface area (Å²) in [6.07, 6.45) is 5.58. The molecule has 0 radical (unpaired) electrons. The first kappa shape index (κ1) is 18.3. The fourth-order valence-electron chi connectivity index (χ4n) is 4.32. The molecule has 0 N–H and O–H groups in total. The van der Waals surface area contributed by atoms with Crippen molar-refractivity contribution in [2.45, 2.75) is 31.6 Å². The van der Waals surface area contributed by atoms with Crippen molar-refractivity contribution in [3.8, 4) is 0 Å². The summed E-state index contributed by atoms with van der Waals surface area (Å²) in [6, 6.07) is 10.1. The van der Waals surface area contributed by atoms with Crippen LogP contribution in [0.2, 0.25) is 0 Å². The molecule has 0 unspecified atom stereocenters. The third kappa shape index (κ3) is 4.02. The van der Waals surface area contributed by atoms with Crippen LogP contribution in [0.3, 0.4) is 0 Å². The van der Waals surface area contributed by atoms with Crippen LogP contribution in [0.25, 0.3) is 0 Å². The zero-order valence-corrected chi connectivity index (χ0v) is 16.1. The molecular weight excluding hydrogens is 332 g/mol. The second-order valence-corrected chi connectivity index (χ2v) is 8.47. The number of carbonyl (C=O) groups is 2. The molecule has 2 fully saturated rings. The van der Waals surface area contributed by atoms with Crippen LogP contribution in [0.1, 0.15) is 37.2 Å². The van der Waals surface area contributed by atoms with Crippen LogP contribution in [-0.2, 0) is 9.59 Å². The minimum atomic E-state index is -0.0429. The summed E-state index contributed by atoms with van der Waals surface area (Å²) in [7, 11) is 1.93. The Kier molecular flexibility index (Phi) is 5.72. The van der Waals surface area contributed by atoms with Crippen LogP contribution in [0.4, 0.5) is 0 Å². The monoisotopic (exact) mass is 360 g/mol. The van der Waals surface area contributed by atoms with Crippen LogP contribution in [-0.4, -0.2) is 60.3 Å². The maximum absolute atomic E-state index is 12.7. The molecule has 2 heterocycles. The van der Waals surface area contributed by atoms with Gasteiger partial charge < -0.3 is 9.80 Å². The van der Waals surface area contributed by atoms with Crippen molar-refractivity contribution in [2.24, 2.45) is 5.41 Å². The van der Waals surface area contributed by atoms with Gasteiger partial charge in [-0.25, -0.2) is 0 Å². The first-order chi connectivity index (χ1) is 12.0. The first-order valence-electron chi connectivity index (χ1n) is 9.11. The molecule has 2 aliphatic heterocycles. The highest BCUT2D eigenvalue weighted by molar-refractivity contribution is 7.98. The lowest BCUT2D eigenvalue weighted by Gasteiger charge is -2.49. The maximum Gasteiger partial charge on any atom is 0.229 e. The van der Waals surface area contributed by atoms with Gasteiger partial charge in [0.25, 0.3) is 0 Å². The Labute approximate surface area is 154 Å². The molecule has 2 saturated heterocycles. The highest BCUT2D eigenvalue weighted by atomic mass is 32.2. The van der Waals surface area contributed by atoms with E-state index in [0.717, 1.165) is 50.2 Å². The first-order valence-corrected chi connectivity index (χ1v) is 10.5. The molecule has 1 spiro atoms. The van der Waals surface area contributed by atoms with E-state index in [-0.39, 0.29) is 23.1 Å². The van der Waals surface area contributed by atoms with Crippen molar-refractivity contribution in [2.75, 3.05) is 38.7 Å². The molecule has 0 saturated carbocycles. The number of likely N-dealkylation sites (tertiary alicyclic amines) is 2. The van der Waals surface area contributed by atoms with Gasteiger partial charge in [0.1, 0.15) is 0 Å². The van der Waals surface area contributed by atoms with Crippen molar-refractivity contribution in [3.05, 3.63) is 35.9 Å². The molecule has 0 bridgehead atoms. The van der Waals surface area contributed by atoms with Crippen LogP contribution in [0, 0.1) is 5.41 Å². The average molecular weight is 361 g/mol. The van der Waals surface area contributed by atoms with Gasteiger partial charge in [0.2, 0.25) is 11.8 Å². The predicted octanol–water partition coefficient (Wildman–Crippen LogP) is 2.99. The normalized spacial score (nSPS) is 23.1. The second-order valence-electron chi connectivity index (χ2n) is 7.49. The number of likely N-dealkylation sites (N-methyl/N-ethyl adjacent to an activating group) is 1. The quantitative estimate of drug-likeness (QED) is 0.829. The molecule has 2 aliphatic rings. The molecule has 1 aromatic carbocycles. The van der Waals surface area contributed by atoms with E-state index in [1.54, 1.807) is 11.8 Å². The number of nitrogens with zero attached hydrogens (tertiary/aromatic N) is 2. The maximum atomic E-state index is 12.7. The summed E-state index contributed by atoms with van der Waals surface area (Å²) in [4.78, 5) is 28.9. The highest BCUT2D eigenvalue weighted by Crippen LogP contribution is 2.45. The summed E-state index contributed by atoms with van der Waals surface area (Å²) < 4.78 is 0. The average Bonchev–Trinajstić information content (AvgIpc) is 2.64. The molecule has 2 amide bonds. The fourth-order valence-corrected chi connectivity index (χ4v) is 4.70. The number of carbonyl (C=O) groups excluding carboxylic acids is 2. The lowest BCUT2D eigenvalue weighted by atomic mass is 9.67. The molecule has 25 heavy (non-hydrogen) atoms. The van der Waals surface area contributed by atoms with Crippen LogP contribution < -0.4 is 0 Å². The van der Waals surface area contributed by atoms with E-state index in [1.807, 2.05) is 41.3 Å². The number of piperidine rings is 2. The number of benzene rings is 1. The van der Waals surface area contributed by atoms with Gasteiger partial charge in [0.15, 0.2) is 0 Å². The molecule has 0 aliphatic carbocycles. The molecule has 136 valence electrons. The molecule has 0 aromatic heterocycles. The Hall–Kier alpha value is -1.49. The third-order valence-corrected chi connectivity index (χ3v) is 6.40. The number of rotatable bonds is 4. The summed E-state index contributed by atoms with van der Waals surface area (Å²) in [5, 5.41) is 0. The van der Waals surface area contributed by atoms with Gasteiger partial charge >= 0.3 is 0 Å². The van der Waals surface area contributed by atoms with Crippen molar-refractivity contribution < 1.29 is 9.59 Å². The van der Waals surface area contributed by atoms with Crippen LogP contribution in [0.15, 0.2) is 30.3 Å². The lowest BCUT2D eigenvalue weighted by molar-refractivity contribution is -0.142. The Morgan fingerprint density at radius 1 is 1.24 bits per heavy atom.